The Balaban J connectivity index is 1.76. The molecule has 0 aliphatic heterocycles. The zero-order valence-corrected chi connectivity index (χ0v) is 13.2. The lowest BCUT2D eigenvalue weighted by Gasteiger charge is -2.08. The van der Waals surface area contributed by atoms with Gasteiger partial charge in [0.1, 0.15) is 6.54 Å². The van der Waals surface area contributed by atoms with Crippen molar-refractivity contribution in [3.05, 3.63) is 65.9 Å². The summed E-state index contributed by atoms with van der Waals surface area (Å²) >= 11 is 0. The lowest BCUT2D eigenvalue weighted by Crippen LogP contribution is -2.18. The first-order valence-corrected chi connectivity index (χ1v) is 7.49. The molecule has 1 amide bonds. The van der Waals surface area contributed by atoms with Crippen molar-refractivity contribution >= 4 is 28.3 Å². The van der Waals surface area contributed by atoms with Gasteiger partial charge in [0.05, 0.1) is 0 Å². The quantitative estimate of drug-likeness (QED) is 0.746. The van der Waals surface area contributed by atoms with E-state index in [1.54, 1.807) is 24.3 Å². The lowest BCUT2D eigenvalue weighted by atomic mass is 10.1. The van der Waals surface area contributed by atoms with Gasteiger partial charge in [-0.25, -0.2) is 0 Å². The van der Waals surface area contributed by atoms with Gasteiger partial charge in [-0.2, -0.15) is 0 Å². The third-order valence-corrected chi connectivity index (χ3v) is 3.79. The number of aromatic nitrogens is 1. The fraction of sp³-hybridized carbons (Fsp3) is 0.158. The van der Waals surface area contributed by atoms with Crippen molar-refractivity contribution in [2.45, 2.75) is 20.4 Å². The fourth-order valence-electron chi connectivity index (χ4n) is 2.63. The molecule has 4 heteroatoms. The topological polar surface area (TPSA) is 51.1 Å². The summed E-state index contributed by atoms with van der Waals surface area (Å²) < 4.78 is 1.92. The molecule has 1 aromatic heterocycles. The van der Waals surface area contributed by atoms with Gasteiger partial charge in [0.2, 0.25) is 5.91 Å². The van der Waals surface area contributed by atoms with Gasteiger partial charge in [-0.05, 0) is 49.6 Å². The highest BCUT2D eigenvalue weighted by atomic mass is 16.2. The summed E-state index contributed by atoms with van der Waals surface area (Å²) in [6.07, 6.45) is 1.91. The molecule has 3 rings (SSSR count). The van der Waals surface area contributed by atoms with Crippen molar-refractivity contribution < 1.29 is 9.59 Å². The highest BCUT2D eigenvalue weighted by Gasteiger charge is 2.08. The summed E-state index contributed by atoms with van der Waals surface area (Å²) in [7, 11) is 0. The number of amides is 1. The number of Topliss-reactive ketones (excluding diaryl/α,β-unsaturated/α-hetero) is 1. The molecule has 0 aliphatic carbocycles. The fourth-order valence-corrected chi connectivity index (χ4v) is 2.63. The Kier molecular flexibility index (Phi) is 3.98. The van der Waals surface area contributed by atoms with E-state index in [9.17, 15) is 9.59 Å². The minimum atomic E-state index is -0.122. The van der Waals surface area contributed by atoms with E-state index in [1.165, 1.54) is 12.5 Å². The standard InChI is InChI=1S/C19H18N2O2/c1-13-6-7-18-16(10-13)8-9-21(18)12-19(23)20-17-5-3-4-15(11-17)14(2)22/h3-11H,12H2,1-2H3,(H,20,23). The number of hydrogen-bond acceptors (Lipinski definition) is 2. The maximum absolute atomic E-state index is 12.3. The summed E-state index contributed by atoms with van der Waals surface area (Å²) in [5, 5.41) is 3.96. The van der Waals surface area contributed by atoms with Crippen molar-refractivity contribution in [1.29, 1.82) is 0 Å². The van der Waals surface area contributed by atoms with Gasteiger partial charge in [-0.15, -0.1) is 0 Å². The maximum Gasteiger partial charge on any atom is 0.244 e. The minimum Gasteiger partial charge on any atom is -0.338 e. The number of carbonyl (C=O) groups excluding carboxylic acids is 2. The summed E-state index contributed by atoms with van der Waals surface area (Å²) in [5.41, 5.74) is 3.45. The molecule has 116 valence electrons. The molecule has 3 aromatic rings. The second-order valence-electron chi connectivity index (χ2n) is 5.69. The van der Waals surface area contributed by atoms with Gasteiger partial charge < -0.3 is 9.88 Å². The lowest BCUT2D eigenvalue weighted by molar-refractivity contribution is -0.116. The molecule has 0 aliphatic rings. The number of nitrogens with zero attached hydrogens (tertiary/aromatic N) is 1. The predicted molar refractivity (Wildman–Crippen MR) is 91.8 cm³/mol. The first-order valence-electron chi connectivity index (χ1n) is 7.49. The molecular formula is C19H18N2O2. The van der Waals surface area contributed by atoms with Gasteiger partial charge >= 0.3 is 0 Å². The van der Waals surface area contributed by atoms with E-state index in [2.05, 4.69) is 11.4 Å². The van der Waals surface area contributed by atoms with Crippen LogP contribution in [0.2, 0.25) is 0 Å². The zero-order valence-electron chi connectivity index (χ0n) is 13.2. The Labute approximate surface area is 134 Å². The van der Waals surface area contributed by atoms with Crippen molar-refractivity contribution in [3.63, 3.8) is 0 Å². The summed E-state index contributed by atoms with van der Waals surface area (Å²) in [6, 6.07) is 15.1. The van der Waals surface area contributed by atoms with E-state index in [0.29, 0.717) is 11.3 Å². The van der Waals surface area contributed by atoms with Crippen LogP contribution < -0.4 is 5.32 Å². The number of rotatable bonds is 4. The van der Waals surface area contributed by atoms with Crippen LogP contribution in [0.25, 0.3) is 10.9 Å². The Morgan fingerprint density at radius 3 is 2.70 bits per heavy atom. The second-order valence-corrected chi connectivity index (χ2v) is 5.69. The third-order valence-electron chi connectivity index (χ3n) is 3.79. The first-order chi connectivity index (χ1) is 11.0. The number of aryl methyl sites for hydroxylation is 1. The number of carbonyl (C=O) groups is 2. The highest BCUT2D eigenvalue weighted by Crippen LogP contribution is 2.18. The molecule has 1 N–H and O–H groups in total. The van der Waals surface area contributed by atoms with Crippen molar-refractivity contribution in [1.82, 2.24) is 4.57 Å². The first kappa shape index (κ1) is 15.0. The predicted octanol–water partition coefficient (Wildman–Crippen LogP) is 3.79. The molecule has 0 saturated carbocycles. The van der Waals surface area contributed by atoms with E-state index in [4.69, 9.17) is 0 Å². The Morgan fingerprint density at radius 1 is 1.09 bits per heavy atom. The number of anilines is 1. The van der Waals surface area contributed by atoms with Crippen LogP contribution >= 0.6 is 0 Å². The van der Waals surface area contributed by atoms with Crippen molar-refractivity contribution in [3.8, 4) is 0 Å². The number of fused-ring (bicyclic) bond motifs is 1. The molecule has 0 radical (unpaired) electrons. The monoisotopic (exact) mass is 306 g/mol. The number of benzene rings is 2. The molecule has 0 saturated heterocycles. The van der Waals surface area contributed by atoms with E-state index in [0.717, 1.165) is 10.9 Å². The Hall–Kier alpha value is -2.88. The molecule has 2 aromatic carbocycles. The Morgan fingerprint density at radius 2 is 1.91 bits per heavy atom. The van der Waals surface area contributed by atoms with Crippen LogP contribution in [0.5, 0.6) is 0 Å². The van der Waals surface area contributed by atoms with E-state index >= 15 is 0 Å². The molecule has 0 fully saturated rings. The van der Waals surface area contributed by atoms with Crippen LogP contribution in [-0.4, -0.2) is 16.3 Å². The maximum atomic E-state index is 12.3. The highest BCUT2D eigenvalue weighted by molar-refractivity contribution is 5.97. The average Bonchev–Trinajstić information content (AvgIpc) is 2.89. The normalized spacial score (nSPS) is 10.7. The molecular weight excluding hydrogens is 288 g/mol. The van der Waals surface area contributed by atoms with Crippen molar-refractivity contribution in [2.75, 3.05) is 5.32 Å². The largest absolute Gasteiger partial charge is 0.338 e. The average molecular weight is 306 g/mol. The molecule has 1 heterocycles. The van der Waals surface area contributed by atoms with Gasteiger partial charge in [-0.3, -0.25) is 9.59 Å². The summed E-state index contributed by atoms with van der Waals surface area (Å²) in [5.74, 6) is -0.142. The van der Waals surface area contributed by atoms with Crippen LogP contribution in [0, 0.1) is 6.92 Å². The molecule has 0 bridgehead atoms. The molecule has 0 atom stereocenters. The number of hydrogen-bond donors (Lipinski definition) is 1. The molecule has 0 spiro atoms. The van der Waals surface area contributed by atoms with Crippen molar-refractivity contribution in [2.24, 2.45) is 0 Å². The molecule has 4 nitrogen and oxygen atoms in total. The number of nitrogens with one attached hydrogen (secondary N) is 1. The van der Waals surface area contributed by atoms with Gasteiger partial charge in [-0.1, -0.05) is 23.8 Å². The number of ketones is 1. The summed E-state index contributed by atoms with van der Waals surface area (Å²) in [6.45, 7) is 3.79. The van der Waals surface area contributed by atoms with Crippen LogP contribution in [0.15, 0.2) is 54.7 Å². The van der Waals surface area contributed by atoms with Crippen LogP contribution in [0.3, 0.4) is 0 Å². The van der Waals surface area contributed by atoms with Crippen LogP contribution in [0.4, 0.5) is 5.69 Å². The van der Waals surface area contributed by atoms with Gasteiger partial charge in [0.15, 0.2) is 5.78 Å². The third kappa shape index (κ3) is 3.31. The Bertz CT molecular complexity index is 893. The SMILES string of the molecule is CC(=O)c1cccc(NC(=O)Cn2ccc3cc(C)ccc32)c1. The van der Waals surface area contributed by atoms with Crippen LogP contribution in [-0.2, 0) is 11.3 Å². The van der Waals surface area contributed by atoms with E-state index in [1.807, 2.05) is 35.9 Å². The van der Waals surface area contributed by atoms with Gasteiger partial charge in [0.25, 0.3) is 0 Å². The zero-order chi connectivity index (χ0) is 16.4. The summed E-state index contributed by atoms with van der Waals surface area (Å²) in [4.78, 5) is 23.7. The second kappa shape index (κ2) is 6.08. The smallest absolute Gasteiger partial charge is 0.244 e. The molecule has 0 unspecified atom stereocenters. The van der Waals surface area contributed by atoms with E-state index < -0.39 is 0 Å². The molecule has 23 heavy (non-hydrogen) atoms. The minimum absolute atomic E-state index is 0.0205. The van der Waals surface area contributed by atoms with Crippen LogP contribution in [0.1, 0.15) is 22.8 Å². The van der Waals surface area contributed by atoms with Gasteiger partial charge in [0, 0.05) is 23.0 Å². The van der Waals surface area contributed by atoms with E-state index in [-0.39, 0.29) is 18.2 Å².